The van der Waals surface area contributed by atoms with Crippen LogP contribution in [0, 0.1) is 5.92 Å². The Labute approximate surface area is 237 Å². The van der Waals surface area contributed by atoms with Crippen LogP contribution in [0.2, 0.25) is 0 Å². The van der Waals surface area contributed by atoms with Crippen molar-refractivity contribution in [2.24, 2.45) is 5.92 Å². The molecule has 1 saturated heterocycles. The highest BCUT2D eigenvalue weighted by Gasteiger charge is 2.56. The maximum atomic E-state index is 13.9. The summed E-state index contributed by atoms with van der Waals surface area (Å²) in [5.74, 6) is -1.69. The first-order chi connectivity index (χ1) is 19.4. The van der Waals surface area contributed by atoms with E-state index in [9.17, 15) is 24.3 Å². The molecule has 6 rings (SSSR count). The lowest BCUT2D eigenvalue weighted by molar-refractivity contribution is -0.122. The normalized spacial score (nSPS) is 19.7. The van der Waals surface area contributed by atoms with E-state index in [0.717, 1.165) is 16.9 Å². The fourth-order valence-corrected chi connectivity index (χ4v) is 7.92. The summed E-state index contributed by atoms with van der Waals surface area (Å²) in [4.78, 5) is 55.3. The number of hydrogen-bond acceptors (Lipinski definition) is 8. The molecular formula is C29H23N3O6S2. The van der Waals surface area contributed by atoms with Crippen LogP contribution < -0.4 is 19.8 Å². The van der Waals surface area contributed by atoms with E-state index in [1.165, 1.54) is 33.4 Å². The van der Waals surface area contributed by atoms with Crippen LogP contribution in [0.3, 0.4) is 0 Å². The Morgan fingerprint density at radius 1 is 0.950 bits per heavy atom. The van der Waals surface area contributed by atoms with Gasteiger partial charge in [0.25, 0.3) is 0 Å². The number of aromatic nitrogens is 1. The van der Waals surface area contributed by atoms with Gasteiger partial charge in [-0.05, 0) is 54.1 Å². The number of phenolic OH excluding ortho intramolecular Hbond substituents is 1. The standard InChI is InChI=1S/C29H23N3O6S2/c1-38-20-13-7-16(8-14-20)22-23-24(27(36)32(26(23)35)18-5-3-2-4-6-18)39-28-25(22)40-29(37)31(28)15-21(34)30-17-9-11-19(33)12-10-17/h2-14,22-24,33H,15H2,1H3,(H,30,34). The molecule has 0 bridgehead atoms. The molecule has 40 heavy (non-hydrogen) atoms. The average Bonchev–Trinajstić information content (AvgIpc) is 3.41. The summed E-state index contributed by atoms with van der Waals surface area (Å²) in [6, 6.07) is 22.1. The number of para-hydroxylation sites is 1. The molecule has 0 spiro atoms. The highest BCUT2D eigenvalue weighted by molar-refractivity contribution is 8.00. The van der Waals surface area contributed by atoms with Crippen molar-refractivity contribution in [2.75, 3.05) is 17.3 Å². The lowest BCUT2D eigenvalue weighted by Gasteiger charge is -2.30. The van der Waals surface area contributed by atoms with Gasteiger partial charge in [0.1, 0.15) is 23.3 Å². The van der Waals surface area contributed by atoms with E-state index in [0.29, 0.717) is 27.0 Å². The molecule has 3 heterocycles. The molecule has 9 nitrogen and oxygen atoms in total. The molecule has 3 unspecified atom stereocenters. The Bertz CT molecular complexity index is 1660. The van der Waals surface area contributed by atoms with Gasteiger partial charge in [-0.2, -0.15) is 0 Å². The molecule has 202 valence electrons. The minimum absolute atomic E-state index is 0.0666. The van der Waals surface area contributed by atoms with Gasteiger partial charge in [-0.1, -0.05) is 53.4 Å². The zero-order chi connectivity index (χ0) is 28.0. The maximum Gasteiger partial charge on any atom is 0.308 e. The summed E-state index contributed by atoms with van der Waals surface area (Å²) < 4.78 is 6.68. The van der Waals surface area contributed by atoms with Gasteiger partial charge < -0.3 is 15.2 Å². The summed E-state index contributed by atoms with van der Waals surface area (Å²) in [7, 11) is 1.56. The van der Waals surface area contributed by atoms with Gasteiger partial charge in [-0.3, -0.25) is 23.7 Å². The van der Waals surface area contributed by atoms with Crippen LogP contribution in [0.4, 0.5) is 11.4 Å². The number of amides is 3. The van der Waals surface area contributed by atoms with Crippen molar-refractivity contribution in [3.05, 3.63) is 99.0 Å². The quantitative estimate of drug-likeness (QED) is 0.264. The lowest BCUT2D eigenvalue weighted by atomic mass is 9.83. The van der Waals surface area contributed by atoms with Gasteiger partial charge in [-0.15, -0.1) is 0 Å². The maximum absolute atomic E-state index is 13.9. The Morgan fingerprint density at radius 2 is 1.65 bits per heavy atom. The predicted octanol–water partition coefficient (Wildman–Crippen LogP) is 4.06. The third-order valence-corrected chi connectivity index (χ3v) is 9.60. The smallest absolute Gasteiger partial charge is 0.308 e. The van der Waals surface area contributed by atoms with Gasteiger partial charge in [0.05, 0.1) is 23.7 Å². The zero-order valence-corrected chi connectivity index (χ0v) is 22.8. The molecule has 3 amide bonds. The van der Waals surface area contributed by atoms with Crippen LogP contribution >= 0.6 is 23.1 Å². The summed E-state index contributed by atoms with van der Waals surface area (Å²) >= 11 is 2.15. The minimum Gasteiger partial charge on any atom is -0.508 e. The number of rotatable bonds is 6. The number of carbonyl (C=O) groups is 3. The highest BCUT2D eigenvalue weighted by Crippen LogP contribution is 2.54. The molecule has 2 aliphatic heterocycles. The van der Waals surface area contributed by atoms with E-state index >= 15 is 0 Å². The molecule has 0 radical (unpaired) electrons. The van der Waals surface area contributed by atoms with Crippen LogP contribution in [0.5, 0.6) is 11.5 Å². The number of hydrogen-bond donors (Lipinski definition) is 2. The molecule has 0 aliphatic carbocycles. The van der Waals surface area contributed by atoms with Crippen molar-refractivity contribution < 1.29 is 24.2 Å². The van der Waals surface area contributed by atoms with E-state index < -0.39 is 23.0 Å². The van der Waals surface area contributed by atoms with Gasteiger partial charge in [0, 0.05) is 16.5 Å². The number of phenols is 1. The van der Waals surface area contributed by atoms with Gasteiger partial charge >= 0.3 is 4.87 Å². The molecule has 1 fully saturated rings. The monoisotopic (exact) mass is 573 g/mol. The number of nitrogens with one attached hydrogen (secondary N) is 1. The molecule has 2 aliphatic rings. The number of methoxy groups -OCH3 is 1. The first kappa shape index (κ1) is 25.9. The number of anilines is 2. The van der Waals surface area contributed by atoms with E-state index in [4.69, 9.17) is 4.74 Å². The second kappa shape index (κ2) is 10.3. The number of fused-ring (bicyclic) bond motifs is 2. The first-order valence-electron chi connectivity index (χ1n) is 12.4. The zero-order valence-electron chi connectivity index (χ0n) is 21.1. The van der Waals surface area contributed by atoms with Crippen molar-refractivity contribution in [3.8, 4) is 11.5 Å². The van der Waals surface area contributed by atoms with E-state index in [1.807, 2.05) is 18.2 Å². The van der Waals surface area contributed by atoms with Crippen molar-refractivity contribution in [2.45, 2.75) is 22.7 Å². The topological polar surface area (TPSA) is 118 Å². The van der Waals surface area contributed by atoms with Crippen LogP contribution in [-0.2, 0) is 20.9 Å². The molecular weight excluding hydrogens is 550 g/mol. The molecule has 3 aromatic carbocycles. The van der Waals surface area contributed by atoms with Crippen molar-refractivity contribution >= 4 is 52.2 Å². The fourth-order valence-electron chi connectivity index (χ4n) is 5.15. The van der Waals surface area contributed by atoms with E-state index in [2.05, 4.69) is 5.32 Å². The summed E-state index contributed by atoms with van der Waals surface area (Å²) in [5.41, 5.74) is 1.74. The predicted molar refractivity (Wildman–Crippen MR) is 152 cm³/mol. The highest BCUT2D eigenvalue weighted by atomic mass is 32.2. The third kappa shape index (κ3) is 4.46. The minimum atomic E-state index is -0.771. The fraction of sp³-hybridized carbons (Fsp3) is 0.172. The van der Waals surface area contributed by atoms with Gasteiger partial charge in [-0.25, -0.2) is 4.90 Å². The molecule has 11 heteroatoms. The number of carbonyl (C=O) groups excluding carboxylic acids is 3. The molecule has 2 N–H and O–H groups in total. The van der Waals surface area contributed by atoms with Crippen molar-refractivity contribution in [1.29, 1.82) is 0 Å². The van der Waals surface area contributed by atoms with Gasteiger partial charge in [0.2, 0.25) is 17.7 Å². The largest absolute Gasteiger partial charge is 0.508 e. The first-order valence-corrected chi connectivity index (χ1v) is 14.1. The number of nitrogens with zero attached hydrogens (tertiary/aromatic N) is 2. The van der Waals surface area contributed by atoms with Gasteiger partial charge in [0.15, 0.2) is 0 Å². The summed E-state index contributed by atoms with van der Waals surface area (Å²) in [6.45, 7) is -0.268. The van der Waals surface area contributed by atoms with Crippen molar-refractivity contribution in [3.63, 3.8) is 0 Å². The Kier molecular flexibility index (Phi) is 6.68. The second-order valence-electron chi connectivity index (χ2n) is 9.38. The van der Waals surface area contributed by atoms with Crippen LogP contribution in [0.15, 0.2) is 88.7 Å². The van der Waals surface area contributed by atoms with E-state index in [1.54, 1.807) is 55.6 Å². The molecule has 1 aromatic heterocycles. The molecule has 4 aromatic rings. The molecule has 0 saturated carbocycles. The number of ether oxygens (including phenoxy) is 1. The summed E-state index contributed by atoms with van der Waals surface area (Å²) in [5, 5.41) is 12.0. The average molecular weight is 574 g/mol. The lowest BCUT2D eigenvalue weighted by Crippen LogP contribution is -2.33. The Hall–Kier alpha value is -4.35. The van der Waals surface area contributed by atoms with Crippen LogP contribution in [0.25, 0.3) is 0 Å². The third-order valence-electron chi connectivity index (χ3n) is 6.99. The second-order valence-corrected chi connectivity index (χ2v) is 11.5. The summed E-state index contributed by atoms with van der Waals surface area (Å²) in [6.07, 6.45) is 0. The Balaban J connectivity index is 1.41. The number of thiazole rings is 1. The Morgan fingerprint density at radius 3 is 2.33 bits per heavy atom. The number of imide groups is 1. The number of benzene rings is 3. The number of thioether (sulfide) groups is 1. The van der Waals surface area contributed by atoms with Crippen LogP contribution in [-0.4, -0.2) is 39.8 Å². The van der Waals surface area contributed by atoms with E-state index in [-0.39, 0.29) is 29.0 Å². The molecule has 3 atom stereocenters. The SMILES string of the molecule is COc1ccc(C2c3sc(=O)n(CC(=O)Nc4ccc(O)cc4)c3SC3C(=O)N(c4ccccc4)C(=O)C32)cc1. The van der Waals surface area contributed by atoms with Crippen LogP contribution in [0.1, 0.15) is 16.4 Å². The number of aromatic hydroxyl groups is 1. The van der Waals surface area contributed by atoms with Crippen molar-refractivity contribution in [1.82, 2.24) is 4.57 Å².